The van der Waals surface area contributed by atoms with E-state index in [1.165, 1.54) is 22.0 Å². The summed E-state index contributed by atoms with van der Waals surface area (Å²) in [5.74, 6) is 0.153. The Morgan fingerprint density at radius 3 is 2.76 bits per heavy atom. The van der Waals surface area contributed by atoms with E-state index >= 15 is 0 Å². The summed E-state index contributed by atoms with van der Waals surface area (Å²) in [6.45, 7) is 9.27. The second kappa shape index (κ2) is 6.33. The minimum absolute atomic E-state index is 0.153. The van der Waals surface area contributed by atoms with E-state index in [-0.39, 0.29) is 11.3 Å². The van der Waals surface area contributed by atoms with Crippen LogP contribution in [0.1, 0.15) is 44.7 Å². The van der Waals surface area contributed by atoms with Gasteiger partial charge in [0.2, 0.25) is 5.91 Å². The largest absolute Gasteiger partial charge is 0.361 e. The van der Waals surface area contributed by atoms with E-state index in [1.807, 2.05) is 6.20 Å². The Labute approximate surface area is 127 Å². The van der Waals surface area contributed by atoms with Crippen LogP contribution in [0.25, 0.3) is 10.9 Å². The fraction of sp³-hybridized carbons (Fsp3) is 0.500. The van der Waals surface area contributed by atoms with Gasteiger partial charge in [-0.25, -0.2) is 0 Å². The number of aromatic nitrogens is 1. The molecule has 1 heterocycles. The van der Waals surface area contributed by atoms with Gasteiger partial charge in [-0.2, -0.15) is 0 Å². The van der Waals surface area contributed by atoms with Crippen molar-refractivity contribution in [2.24, 2.45) is 5.41 Å². The highest BCUT2D eigenvalue weighted by Gasteiger charge is 2.12. The first kappa shape index (κ1) is 15.6. The standard InChI is InChI=1S/C18H26N2O/c1-13-5-6-15-14(12-20-16(15)11-13)8-10-19-17(21)7-9-18(2,3)4/h5-6,11-12,20H,7-10H2,1-4H3,(H,19,21). The number of rotatable bonds is 5. The second-order valence-electron chi connectivity index (χ2n) is 7.02. The molecule has 0 unspecified atom stereocenters. The molecule has 2 aromatic rings. The third-order valence-electron chi connectivity index (χ3n) is 3.74. The van der Waals surface area contributed by atoms with Crippen LogP contribution >= 0.6 is 0 Å². The summed E-state index contributed by atoms with van der Waals surface area (Å²) in [4.78, 5) is 15.1. The summed E-state index contributed by atoms with van der Waals surface area (Å²) in [5.41, 5.74) is 3.91. The molecule has 114 valence electrons. The first-order chi connectivity index (χ1) is 9.85. The number of benzene rings is 1. The van der Waals surface area contributed by atoms with Crippen molar-refractivity contribution in [2.45, 2.75) is 47.0 Å². The molecule has 2 rings (SSSR count). The van der Waals surface area contributed by atoms with Crippen LogP contribution in [0, 0.1) is 12.3 Å². The predicted molar refractivity (Wildman–Crippen MR) is 88.4 cm³/mol. The fourth-order valence-corrected chi connectivity index (χ4v) is 2.42. The lowest BCUT2D eigenvalue weighted by molar-refractivity contribution is -0.121. The zero-order chi connectivity index (χ0) is 15.5. The van der Waals surface area contributed by atoms with Crippen molar-refractivity contribution < 1.29 is 4.79 Å². The monoisotopic (exact) mass is 286 g/mol. The lowest BCUT2D eigenvalue weighted by atomic mass is 9.90. The number of H-pyrrole nitrogens is 1. The zero-order valence-electron chi connectivity index (χ0n) is 13.5. The first-order valence-corrected chi connectivity index (χ1v) is 7.68. The molecular weight excluding hydrogens is 260 g/mol. The number of amides is 1. The normalized spacial score (nSPS) is 11.8. The molecule has 0 atom stereocenters. The molecule has 0 aliphatic carbocycles. The van der Waals surface area contributed by atoms with E-state index in [9.17, 15) is 4.79 Å². The summed E-state index contributed by atoms with van der Waals surface area (Å²) in [7, 11) is 0. The van der Waals surface area contributed by atoms with E-state index in [1.54, 1.807) is 0 Å². The van der Waals surface area contributed by atoms with Gasteiger partial charge in [-0.1, -0.05) is 32.9 Å². The SMILES string of the molecule is Cc1ccc2c(CCNC(=O)CCC(C)(C)C)c[nH]c2c1. The third kappa shape index (κ3) is 4.62. The fourth-order valence-electron chi connectivity index (χ4n) is 2.42. The highest BCUT2D eigenvalue weighted by atomic mass is 16.1. The van der Waals surface area contributed by atoms with Crippen molar-refractivity contribution in [3.05, 3.63) is 35.5 Å². The molecule has 0 saturated heterocycles. The van der Waals surface area contributed by atoms with Gasteiger partial charge in [0.05, 0.1) is 0 Å². The van der Waals surface area contributed by atoms with Crippen LogP contribution in [0.5, 0.6) is 0 Å². The van der Waals surface area contributed by atoms with Crippen LogP contribution in [0.3, 0.4) is 0 Å². The van der Waals surface area contributed by atoms with Crippen LogP contribution in [0.4, 0.5) is 0 Å². The van der Waals surface area contributed by atoms with Crippen LogP contribution in [0.15, 0.2) is 24.4 Å². The molecule has 0 aliphatic heterocycles. The maximum atomic E-state index is 11.8. The Hall–Kier alpha value is -1.77. The molecule has 1 amide bonds. The number of carbonyl (C=O) groups excluding carboxylic acids is 1. The van der Waals surface area contributed by atoms with Crippen LogP contribution < -0.4 is 5.32 Å². The smallest absolute Gasteiger partial charge is 0.220 e. The first-order valence-electron chi connectivity index (χ1n) is 7.68. The summed E-state index contributed by atoms with van der Waals surface area (Å²) in [6, 6.07) is 6.43. The highest BCUT2D eigenvalue weighted by molar-refractivity contribution is 5.84. The van der Waals surface area contributed by atoms with Crippen molar-refractivity contribution >= 4 is 16.8 Å². The minimum Gasteiger partial charge on any atom is -0.361 e. The molecule has 2 N–H and O–H groups in total. The molecule has 0 spiro atoms. The molecule has 0 saturated carbocycles. The maximum Gasteiger partial charge on any atom is 0.220 e. The Balaban J connectivity index is 1.84. The van der Waals surface area contributed by atoms with Crippen molar-refractivity contribution in [3.8, 4) is 0 Å². The van der Waals surface area contributed by atoms with Crippen molar-refractivity contribution in [2.75, 3.05) is 6.54 Å². The van der Waals surface area contributed by atoms with E-state index in [0.29, 0.717) is 13.0 Å². The highest BCUT2D eigenvalue weighted by Crippen LogP contribution is 2.21. The summed E-state index contributed by atoms with van der Waals surface area (Å²) in [6.07, 6.45) is 4.44. The number of fused-ring (bicyclic) bond motifs is 1. The van der Waals surface area contributed by atoms with Crippen molar-refractivity contribution in [3.63, 3.8) is 0 Å². The molecule has 1 aromatic carbocycles. The number of carbonyl (C=O) groups is 1. The predicted octanol–water partition coefficient (Wildman–Crippen LogP) is 3.96. The molecule has 0 bridgehead atoms. The molecular formula is C18H26N2O. The number of aromatic amines is 1. The average molecular weight is 286 g/mol. The Bertz CT molecular complexity index is 620. The van der Waals surface area contributed by atoms with Crippen LogP contribution in [-0.4, -0.2) is 17.4 Å². The maximum absolute atomic E-state index is 11.8. The average Bonchev–Trinajstić information content (AvgIpc) is 2.78. The third-order valence-corrected chi connectivity index (χ3v) is 3.74. The lowest BCUT2D eigenvalue weighted by Crippen LogP contribution is -2.26. The Morgan fingerprint density at radius 1 is 1.29 bits per heavy atom. The van der Waals surface area contributed by atoms with E-state index in [4.69, 9.17) is 0 Å². The molecule has 0 aliphatic rings. The van der Waals surface area contributed by atoms with Gasteiger partial charge in [0.25, 0.3) is 0 Å². The number of aryl methyl sites for hydroxylation is 1. The second-order valence-corrected chi connectivity index (χ2v) is 7.02. The minimum atomic E-state index is 0.153. The molecule has 21 heavy (non-hydrogen) atoms. The quantitative estimate of drug-likeness (QED) is 0.858. The van der Waals surface area contributed by atoms with Crippen LogP contribution in [-0.2, 0) is 11.2 Å². The number of hydrogen-bond donors (Lipinski definition) is 2. The van der Waals surface area contributed by atoms with Gasteiger partial charge in [-0.3, -0.25) is 4.79 Å². The van der Waals surface area contributed by atoms with E-state index < -0.39 is 0 Å². The molecule has 3 nitrogen and oxygen atoms in total. The van der Waals surface area contributed by atoms with Crippen LogP contribution in [0.2, 0.25) is 0 Å². The lowest BCUT2D eigenvalue weighted by Gasteiger charge is -2.17. The Morgan fingerprint density at radius 2 is 2.05 bits per heavy atom. The van der Waals surface area contributed by atoms with Crippen molar-refractivity contribution in [1.29, 1.82) is 0 Å². The van der Waals surface area contributed by atoms with Gasteiger partial charge in [-0.05, 0) is 42.4 Å². The molecule has 3 heteroatoms. The van der Waals surface area contributed by atoms with E-state index in [0.717, 1.165) is 12.8 Å². The van der Waals surface area contributed by atoms with Gasteiger partial charge < -0.3 is 10.3 Å². The molecule has 1 aromatic heterocycles. The number of nitrogens with one attached hydrogen (secondary N) is 2. The Kier molecular flexibility index (Phi) is 4.71. The van der Waals surface area contributed by atoms with Gasteiger partial charge >= 0.3 is 0 Å². The van der Waals surface area contributed by atoms with Crippen molar-refractivity contribution in [1.82, 2.24) is 10.3 Å². The van der Waals surface area contributed by atoms with Gasteiger partial charge in [-0.15, -0.1) is 0 Å². The summed E-state index contributed by atoms with van der Waals surface area (Å²) >= 11 is 0. The number of hydrogen-bond acceptors (Lipinski definition) is 1. The van der Waals surface area contributed by atoms with Gasteiger partial charge in [0.15, 0.2) is 0 Å². The summed E-state index contributed by atoms with van der Waals surface area (Å²) < 4.78 is 0. The molecule has 0 fully saturated rings. The van der Waals surface area contributed by atoms with Gasteiger partial charge in [0, 0.05) is 30.1 Å². The van der Waals surface area contributed by atoms with E-state index in [2.05, 4.69) is 56.2 Å². The topological polar surface area (TPSA) is 44.9 Å². The molecule has 0 radical (unpaired) electrons. The zero-order valence-corrected chi connectivity index (χ0v) is 13.5. The summed E-state index contributed by atoms with van der Waals surface area (Å²) in [5, 5.41) is 4.27. The van der Waals surface area contributed by atoms with Gasteiger partial charge in [0.1, 0.15) is 0 Å².